The molecule has 0 spiro atoms. The number of rotatable bonds is 6. The molecular formula is C21H23N3O4. The summed E-state index contributed by atoms with van der Waals surface area (Å²) in [6.07, 6.45) is 1.40. The normalized spacial score (nSPS) is 11.9. The molecule has 7 nitrogen and oxygen atoms in total. The van der Waals surface area contributed by atoms with Crippen molar-refractivity contribution in [2.75, 3.05) is 14.2 Å². The van der Waals surface area contributed by atoms with E-state index in [0.29, 0.717) is 22.4 Å². The summed E-state index contributed by atoms with van der Waals surface area (Å²) in [6, 6.07) is 10.5. The highest BCUT2D eigenvalue weighted by molar-refractivity contribution is 5.79. The third-order valence-electron chi connectivity index (χ3n) is 4.57. The molecule has 1 N–H and O–H groups in total. The van der Waals surface area contributed by atoms with Gasteiger partial charge in [-0.1, -0.05) is 11.6 Å². The lowest BCUT2D eigenvalue weighted by atomic mass is 10.1. The van der Waals surface area contributed by atoms with E-state index in [1.54, 1.807) is 38.5 Å². The number of hydrogen-bond donors (Lipinski definition) is 1. The first-order chi connectivity index (χ1) is 13.4. The topological polar surface area (TPSA) is 82.4 Å². The van der Waals surface area contributed by atoms with Crippen molar-refractivity contribution >= 4 is 16.8 Å². The van der Waals surface area contributed by atoms with E-state index >= 15 is 0 Å². The number of methoxy groups -OCH3 is 2. The van der Waals surface area contributed by atoms with Gasteiger partial charge in [-0.2, -0.15) is 0 Å². The molecule has 1 aromatic heterocycles. The molecule has 0 saturated heterocycles. The van der Waals surface area contributed by atoms with Crippen LogP contribution in [0.2, 0.25) is 0 Å². The second-order valence-electron chi connectivity index (χ2n) is 6.60. The summed E-state index contributed by atoms with van der Waals surface area (Å²) in [5.74, 6) is 1.02. The number of aryl methyl sites for hydroxylation is 1. The molecule has 7 heteroatoms. The van der Waals surface area contributed by atoms with Crippen molar-refractivity contribution in [3.63, 3.8) is 0 Å². The molecule has 0 fully saturated rings. The molecule has 1 atom stereocenters. The molecule has 0 saturated carbocycles. The number of carbonyl (C=O) groups is 1. The van der Waals surface area contributed by atoms with Gasteiger partial charge >= 0.3 is 0 Å². The SMILES string of the molecule is COc1ccc(OC)c([C@@H](C)NC(=O)Cn2cnc3ccc(C)cc3c2=O)c1. The molecule has 3 aromatic rings. The number of nitrogens with zero attached hydrogens (tertiary/aromatic N) is 2. The summed E-state index contributed by atoms with van der Waals surface area (Å²) in [7, 11) is 3.15. The lowest BCUT2D eigenvalue weighted by Crippen LogP contribution is -2.34. The lowest BCUT2D eigenvalue weighted by Gasteiger charge is -2.18. The Kier molecular flexibility index (Phi) is 5.63. The second-order valence-corrected chi connectivity index (χ2v) is 6.60. The Labute approximate surface area is 162 Å². The van der Waals surface area contributed by atoms with Crippen molar-refractivity contribution in [1.29, 1.82) is 0 Å². The molecule has 3 rings (SSSR count). The summed E-state index contributed by atoms with van der Waals surface area (Å²) < 4.78 is 11.9. The van der Waals surface area contributed by atoms with E-state index in [4.69, 9.17) is 9.47 Å². The zero-order valence-electron chi connectivity index (χ0n) is 16.4. The maximum Gasteiger partial charge on any atom is 0.261 e. The van der Waals surface area contributed by atoms with E-state index in [1.165, 1.54) is 10.9 Å². The predicted molar refractivity (Wildman–Crippen MR) is 107 cm³/mol. The van der Waals surface area contributed by atoms with Crippen molar-refractivity contribution in [3.05, 3.63) is 64.2 Å². The van der Waals surface area contributed by atoms with Crippen molar-refractivity contribution in [1.82, 2.24) is 14.9 Å². The van der Waals surface area contributed by atoms with Crippen LogP contribution in [0.5, 0.6) is 11.5 Å². The summed E-state index contributed by atoms with van der Waals surface area (Å²) >= 11 is 0. The first-order valence-corrected chi connectivity index (χ1v) is 8.90. The number of fused-ring (bicyclic) bond motifs is 1. The highest BCUT2D eigenvalue weighted by atomic mass is 16.5. The van der Waals surface area contributed by atoms with E-state index < -0.39 is 0 Å². The fraction of sp³-hybridized carbons (Fsp3) is 0.286. The van der Waals surface area contributed by atoms with Gasteiger partial charge in [0.1, 0.15) is 18.0 Å². The van der Waals surface area contributed by atoms with Gasteiger partial charge in [0.05, 0.1) is 37.5 Å². The first-order valence-electron chi connectivity index (χ1n) is 8.90. The molecule has 28 heavy (non-hydrogen) atoms. The molecule has 0 aliphatic heterocycles. The van der Waals surface area contributed by atoms with Crippen LogP contribution < -0.4 is 20.3 Å². The van der Waals surface area contributed by atoms with E-state index in [-0.39, 0.29) is 24.1 Å². The average Bonchev–Trinajstić information content (AvgIpc) is 2.69. The highest BCUT2D eigenvalue weighted by Gasteiger charge is 2.16. The average molecular weight is 381 g/mol. The fourth-order valence-corrected chi connectivity index (χ4v) is 3.08. The maximum absolute atomic E-state index is 12.7. The van der Waals surface area contributed by atoms with Crippen LogP contribution in [-0.4, -0.2) is 29.7 Å². The summed E-state index contributed by atoms with van der Waals surface area (Å²) in [5, 5.41) is 3.39. The molecule has 0 aliphatic rings. The summed E-state index contributed by atoms with van der Waals surface area (Å²) in [6.45, 7) is 3.64. The molecule has 2 aromatic carbocycles. The molecule has 0 bridgehead atoms. The number of nitrogens with one attached hydrogen (secondary N) is 1. The maximum atomic E-state index is 12.7. The Hall–Kier alpha value is -3.35. The van der Waals surface area contributed by atoms with Gasteiger partial charge in [0.2, 0.25) is 5.91 Å². The van der Waals surface area contributed by atoms with E-state index in [0.717, 1.165) is 11.1 Å². The van der Waals surface area contributed by atoms with Crippen LogP contribution in [0.25, 0.3) is 10.9 Å². The third-order valence-corrected chi connectivity index (χ3v) is 4.57. The minimum atomic E-state index is -0.330. The molecule has 0 unspecified atom stereocenters. The number of aromatic nitrogens is 2. The minimum Gasteiger partial charge on any atom is -0.497 e. The van der Waals surface area contributed by atoms with Gasteiger partial charge in [0, 0.05) is 5.56 Å². The molecule has 146 valence electrons. The monoisotopic (exact) mass is 381 g/mol. The van der Waals surface area contributed by atoms with Crippen LogP contribution in [0.3, 0.4) is 0 Å². The van der Waals surface area contributed by atoms with Gasteiger partial charge in [0.15, 0.2) is 0 Å². The zero-order chi connectivity index (χ0) is 20.3. The smallest absolute Gasteiger partial charge is 0.261 e. The largest absolute Gasteiger partial charge is 0.497 e. The van der Waals surface area contributed by atoms with Crippen molar-refractivity contribution in [2.24, 2.45) is 0 Å². The van der Waals surface area contributed by atoms with Crippen LogP contribution in [0, 0.1) is 6.92 Å². The second kappa shape index (κ2) is 8.12. The van der Waals surface area contributed by atoms with Crippen LogP contribution in [0.15, 0.2) is 47.5 Å². The number of carbonyl (C=O) groups excluding carboxylic acids is 1. The van der Waals surface area contributed by atoms with Crippen molar-refractivity contribution in [2.45, 2.75) is 26.4 Å². The van der Waals surface area contributed by atoms with Crippen molar-refractivity contribution < 1.29 is 14.3 Å². The number of benzene rings is 2. The van der Waals surface area contributed by atoms with Gasteiger partial charge < -0.3 is 14.8 Å². The van der Waals surface area contributed by atoms with Gasteiger partial charge in [-0.15, -0.1) is 0 Å². The van der Waals surface area contributed by atoms with Crippen LogP contribution in [-0.2, 0) is 11.3 Å². The number of hydrogen-bond acceptors (Lipinski definition) is 5. The minimum absolute atomic E-state index is 0.119. The fourth-order valence-electron chi connectivity index (χ4n) is 3.08. The van der Waals surface area contributed by atoms with E-state index in [1.807, 2.05) is 26.0 Å². The van der Waals surface area contributed by atoms with Crippen LogP contribution in [0.1, 0.15) is 24.1 Å². The van der Waals surface area contributed by atoms with Gasteiger partial charge in [0.25, 0.3) is 5.56 Å². The van der Waals surface area contributed by atoms with Gasteiger partial charge in [-0.3, -0.25) is 14.2 Å². The van der Waals surface area contributed by atoms with E-state index in [9.17, 15) is 9.59 Å². The van der Waals surface area contributed by atoms with Gasteiger partial charge in [-0.25, -0.2) is 4.98 Å². The molecule has 0 radical (unpaired) electrons. The van der Waals surface area contributed by atoms with Gasteiger partial charge in [-0.05, 0) is 44.2 Å². The molecule has 1 heterocycles. The predicted octanol–water partition coefficient (Wildman–Crippen LogP) is 2.60. The zero-order valence-corrected chi connectivity index (χ0v) is 16.4. The number of amides is 1. The van der Waals surface area contributed by atoms with Crippen LogP contribution in [0.4, 0.5) is 0 Å². The Morgan fingerprint density at radius 1 is 1.18 bits per heavy atom. The number of ether oxygens (including phenoxy) is 2. The van der Waals surface area contributed by atoms with Crippen LogP contribution >= 0.6 is 0 Å². The Morgan fingerprint density at radius 2 is 1.96 bits per heavy atom. The Balaban J connectivity index is 1.80. The van der Waals surface area contributed by atoms with E-state index in [2.05, 4.69) is 10.3 Å². The molecule has 0 aliphatic carbocycles. The summed E-state index contributed by atoms with van der Waals surface area (Å²) in [4.78, 5) is 29.5. The highest BCUT2D eigenvalue weighted by Crippen LogP contribution is 2.29. The standard InChI is InChI=1S/C21H23N3O4/c1-13-5-7-18-17(9-13)21(26)24(12-22-18)11-20(25)23-14(2)16-10-15(27-3)6-8-19(16)28-4/h5-10,12,14H,11H2,1-4H3,(H,23,25)/t14-/m1/s1. The molecule has 1 amide bonds. The third kappa shape index (κ3) is 3.98. The Bertz CT molecular complexity index is 1070. The van der Waals surface area contributed by atoms with Crippen molar-refractivity contribution in [3.8, 4) is 11.5 Å². The molecular weight excluding hydrogens is 358 g/mol. The Morgan fingerprint density at radius 3 is 2.68 bits per heavy atom. The first kappa shape index (κ1) is 19.4. The summed E-state index contributed by atoms with van der Waals surface area (Å²) in [5.41, 5.74) is 2.12. The quantitative estimate of drug-likeness (QED) is 0.710. The lowest BCUT2D eigenvalue weighted by molar-refractivity contribution is -0.122.